The Morgan fingerprint density at radius 3 is 2.79 bits per heavy atom. The first kappa shape index (κ1) is 13.5. The molecule has 19 heavy (non-hydrogen) atoms. The van der Waals surface area contributed by atoms with Crippen LogP contribution in [0, 0.1) is 5.92 Å². The SMILES string of the molecule is ClC1CCCCC1CNCc1ccc2c(c1)CCC2. The fourth-order valence-corrected chi connectivity index (χ4v) is 3.90. The molecule has 0 heterocycles. The smallest absolute Gasteiger partial charge is 0.0376 e. The Labute approximate surface area is 121 Å². The molecule has 1 N–H and O–H groups in total. The second-order valence-electron chi connectivity index (χ2n) is 6.15. The summed E-state index contributed by atoms with van der Waals surface area (Å²) in [6.07, 6.45) is 9.05. The average molecular weight is 278 g/mol. The van der Waals surface area contributed by atoms with Crippen molar-refractivity contribution in [3.8, 4) is 0 Å². The predicted octanol–water partition coefficient (Wildman–Crippen LogP) is 4.06. The molecule has 1 nitrogen and oxygen atoms in total. The summed E-state index contributed by atoms with van der Waals surface area (Å²) in [4.78, 5) is 0. The minimum absolute atomic E-state index is 0.390. The van der Waals surface area contributed by atoms with Gasteiger partial charge in [0.1, 0.15) is 0 Å². The standard InChI is InChI=1S/C17H24ClN/c18-17-7-2-1-4-16(17)12-19-11-13-8-9-14-5-3-6-15(14)10-13/h8-10,16-17,19H,1-7,11-12H2. The summed E-state index contributed by atoms with van der Waals surface area (Å²) in [5.74, 6) is 0.671. The molecule has 1 aromatic carbocycles. The first-order valence-corrected chi connectivity index (χ1v) is 8.22. The largest absolute Gasteiger partial charge is 0.312 e. The number of aryl methyl sites for hydroxylation is 2. The van der Waals surface area contributed by atoms with E-state index >= 15 is 0 Å². The molecule has 104 valence electrons. The maximum absolute atomic E-state index is 6.40. The van der Waals surface area contributed by atoms with Crippen LogP contribution in [0.1, 0.15) is 48.8 Å². The quantitative estimate of drug-likeness (QED) is 0.819. The van der Waals surface area contributed by atoms with Gasteiger partial charge in [-0.15, -0.1) is 11.6 Å². The molecule has 2 atom stereocenters. The van der Waals surface area contributed by atoms with E-state index in [1.165, 1.54) is 50.5 Å². The molecular weight excluding hydrogens is 254 g/mol. The summed E-state index contributed by atoms with van der Waals surface area (Å²) < 4.78 is 0. The minimum Gasteiger partial charge on any atom is -0.312 e. The molecule has 2 aliphatic carbocycles. The first-order chi connectivity index (χ1) is 9.33. The van der Waals surface area contributed by atoms with Crippen LogP contribution >= 0.6 is 11.6 Å². The number of benzene rings is 1. The van der Waals surface area contributed by atoms with Crippen molar-refractivity contribution in [3.63, 3.8) is 0 Å². The molecule has 1 aromatic rings. The van der Waals surface area contributed by atoms with Crippen molar-refractivity contribution in [2.75, 3.05) is 6.54 Å². The zero-order valence-electron chi connectivity index (χ0n) is 11.6. The van der Waals surface area contributed by atoms with Crippen molar-refractivity contribution in [1.82, 2.24) is 5.32 Å². The Hall–Kier alpha value is -0.530. The van der Waals surface area contributed by atoms with Gasteiger partial charge in [0.25, 0.3) is 0 Å². The highest BCUT2D eigenvalue weighted by molar-refractivity contribution is 6.20. The van der Waals surface area contributed by atoms with Crippen molar-refractivity contribution in [2.24, 2.45) is 5.92 Å². The Kier molecular flexibility index (Phi) is 4.45. The monoisotopic (exact) mass is 277 g/mol. The Morgan fingerprint density at radius 2 is 1.89 bits per heavy atom. The van der Waals surface area contributed by atoms with Crippen LogP contribution in [0.15, 0.2) is 18.2 Å². The summed E-state index contributed by atoms with van der Waals surface area (Å²) in [6, 6.07) is 7.01. The molecule has 1 fully saturated rings. The van der Waals surface area contributed by atoms with Crippen LogP contribution < -0.4 is 5.32 Å². The zero-order chi connectivity index (χ0) is 13.1. The Balaban J connectivity index is 1.49. The maximum atomic E-state index is 6.40. The van der Waals surface area contributed by atoms with E-state index in [4.69, 9.17) is 11.6 Å². The predicted molar refractivity (Wildman–Crippen MR) is 81.8 cm³/mol. The third kappa shape index (κ3) is 3.32. The van der Waals surface area contributed by atoms with Crippen LogP contribution in [0.5, 0.6) is 0 Å². The number of fused-ring (bicyclic) bond motifs is 1. The number of halogens is 1. The van der Waals surface area contributed by atoms with E-state index in [0.29, 0.717) is 11.3 Å². The summed E-state index contributed by atoms with van der Waals surface area (Å²) in [5, 5.41) is 4.00. The van der Waals surface area contributed by atoms with Crippen molar-refractivity contribution >= 4 is 11.6 Å². The fraction of sp³-hybridized carbons (Fsp3) is 0.647. The van der Waals surface area contributed by atoms with Gasteiger partial charge in [-0.05, 0) is 61.3 Å². The van der Waals surface area contributed by atoms with Crippen LogP contribution in [0.4, 0.5) is 0 Å². The molecule has 3 rings (SSSR count). The van der Waals surface area contributed by atoms with Crippen molar-refractivity contribution in [3.05, 3.63) is 34.9 Å². The Bertz CT molecular complexity index is 429. The average Bonchev–Trinajstić information content (AvgIpc) is 2.88. The fourth-order valence-electron chi connectivity index (χ4n) is 3.53. The normalized spacial score (nSPS) is 26.4. The Morgan fingerprint density at radius 1 is 1.05 bits per heavy atom. The summed E-state index contributed by atoms with van der Waals surface area (Å²) in [7, 11) is 0. The highest BCUT2D eigenvalue weighted by Crippen LogP contribution is 2.28. The van der Waals surface area contributed by atoms with Gasteiger partial charge in [0, 0.05) is 11.9 Å². The van der Waals surface area contributed by atoms with E-state index in [2.05, 4.69) is 23.5 Å². The lowest BCUT2D eigenvalue weighted by atomic mass is 9.88. The van der Waals surface area contributed by atoms with Crippen molar-refractivity contribution in [2.45, 2.75) is 56.9 Å². The van der Waals surface area contributed by atoms with E-state index in [-0.39, 0.29) is 0 Å². The lowest BCUT2D eigenvalue weighted by Gasteiger charge is -2.27. The van der Waals surface area contributed by atoms with Gasteiger partial charge in [0.2, 0.25) is 0 Å². The number of hydrogen-bond donors (Lipinski definition) is 1. The van der Waals surface area contributed by atoms with Crippen LogP contribution in [-0.2, 0) is 19.4 Å². The van der Waals surface area contributed by atoms with E-state index < -0.39 is 0 Å². The lowest BCUT2D eigenvalue weighted by Crippen LogP contribution is -2.30. The number of rotatable bonds is 4. The molecule has 0 amide bonds. The van der Waals surface area contributed by atoms with Crippen molar-refractivity contribution < 1.29 is 0 Å². The first-order valence-electron chi connectivity index (χ1n) is 7.78. The lowest BCUT2D eigenvalue weighted by molar-refractivity contribution is 0.348. The van der Waals surface area contributed by atoms with Gasteiger partial charge in [-0.3, -0.25) is 0 Å². The number of nitrogens with one attached hydrogen (secondary N) is 1. The van der Waals surface area contributed by atoms with Gasteiger partial charge < -0.3 is 5.32 Å². The van der Waals surface area contributed by atoms with Gasteiger partial charge in [-0.1, -0.05) is 31.0 Å². The van der Waals surface area contributed by atoms with E-state index in [1.54, 1.807) is 11.1 Å². The second-order valence-corrected chi connectivity index (χ2v) is 6.71. The van der Waals surface area contributed by atoms with E-state index in [9.17, 15) is 0 Å². The molecule has 0 saturated heterocycles. The van der Waals surface area contributed by atoms with Gasteiger partial charge in [0.05, 0.1) is 0 Å². The molecular formula is C17H24ClN. The number of hydrogen-bond acceptors (Lipinski definition) is 1. The molecule has 1 saturated carbocycles. The van der Waals surface area contributed by atoms with Gasteiger partial charge >= 0.3 is 0 Å². The summed E-state index contributed by atoms with van der Waals surface area (Å²) in [5.41, 5.74) is 4.58. The molecule has 2 heteroatoms. The molecule has 2 aliphatic rings. The molecule has 0 spiro atoms. The van der Waals surface area contributed by atoms with Crippen LogP contribution in [0.3, 0.4) is 0 Å². The van der Waals surface area contributed by atoms with Gasteiger partial charge in [-0.2, -0.15) is 0 Å². The maximum Gasteiger partial charge on any atom is 0.0376 e. The van der Waals surface area contributed by atoms with E-state index in [0.717, 1.165) is 13.1 Å². The molecule has 0 bridgehead atoms. The van der Waals surface area contributed by atoms with Gasteiger partial charge in [0.15, 0.2) is 0 Å². The molecule has 0 aromatic heterocycles. The number of alkyl halides is 1. The van der Waals surface area contributed by atoms with Crippen LogP contribution in [0.2, 0.25) is 0 Å². The van der Waals surface area contributed by atoms with Crippen molar-refractivity contribution in [1.29, 1.82) is 0 Å². The third-order valence-electron chi connectivity index (χ3n) is 4.71. The molecule has 2 unspecified atom stereocenters. The van der Waals surface area contributed by atoms with Crippen LogP contribution in [0.25, 0.3) is 0 Å². The molecule has 0 aliphatic heterocycles. The summed E-state index contributed by atoms with van der Waals surface area (Å²) in [6.45, 7) is 2.07. The zero-order valence-corrected chi connectivity index (χ0v) is 12.4. The topological polar surface area (TPSA) is 12.0 Å². The van der Waals surface area contributed by atoms with Gasteiger partial charge in [-0.25, -0.2) is 0 Å². The summed E-state index contributed by atoms with van der Waals surface area (Å²) >= 11 is 6.40. The highest BCUT2D eigenvalue weighted by atomic mass is 35.5. The second kappa shape index (κ2) is 6.28. The highest BCUT2D eigenvalue weighted by Gasteiger charge is 2.22. The van der Waals surface area contributed by atoms with Crippen LogP contribution in [-0.4, -0.2) is 11.9 Å². The third-order valence-corrected chi connectivity index (χ3v) is 5.29. The minimum atomic E-state index is 0.390. The molecule has 0 radical (unpaired) electrons. The van der Waals surface area contributed by atoms with E-state index in [1.807, 2.05) is 0 Å².